The molecule has 1 heterocycles. The Morgan fingerprint density at radius 1 is 1.18 bits per heavy atom. The number of hydrogen-bond acceptors (Lipinski definition) is 3. The van der Waals surface area contributed by atoms with Crippen molar-refractivity contribution >= 4 is 33.1 Å². The van der Waals surface area contributed by atoms with Gasteiger partial charge in [-0.15, -0.1) is 0 Å². The fourth-order valence-corrected chi connectivity index (χ4v) is 3.23. The number of hydrogen-bond donors (Lipinski definition) is 1. The van der Waals surface area contributed by atoms with Crippen LogP contribution in [0.2, 0.25) is 0 Å². The summed E-state index contributed by atoms with van der Waals surface area (Å²) in [5, 5.41) is 2.87. The molecule has 0 unspecified atom stereocenters. The van der Waals surface area contributed by atoms with Crippen LogP contribution < -0.4 is 10.2 Å². The number of aryl methyl sites for hydroxylation is 2. The first kappa shape index (κ1) is 14.5. The minimum Gasteiger partial charge on any atom is -0.322 e. The van der Waals surface area contributed by atoms with Gasteiger partial charge in [0.25, 0.3) is 5.91 Å². The van der Waals surface area contributed by atoms with E-state index in [4.69, 9.17) is 0 Å². The highest BCUT2D eigenvalue weighted by Crippen LogP contribution is 2.21. The molecule has 1 aromatic heterocycles. The minimum absolute atomic E-state index is 0.00590. The molecule has 0 fully saturated rings. The third-order valence-electron chi connectivity index (χ3n) is 3.67. The van der Waals surface area contributed by atoms with E-state index in [9.17, 15) is 9.59 Å². The standard InChI is InChI=1S/C17H16N2O2S/c1-3-11-4-6-12(7-5-11)16(20)18-13-8-9-14-15(10-13)22-17(21)19(14)2/h4-10H,3H2,1-2H3,(H,18,20). The van der Waals surface area contributed by atoms with Gasteiger partial charge in [-0.1, -0.05) is 30.4 Å². The maximum absolute atomic E-state index is 12.2. The molecule has 0 atom stereocenters. The van der Waals surface area contributed by atoms with Crippen LogP contribution in [0.15, 0.2) is 47.3 Å². The Morgan fingerprint density at radius 2 is 1.91 bits per heavy atom. The van der Waals surface area contributed by atoms with Crippen molar-refractivity contribution in [3.63, 3.8) is 0 Å². The second-order valence-corrected chi connectivity index (χ2v) is 6.11. The molecular formula is C17H16N2O2S. The van der Waals surface area contributed by atoms with Crippen LogP contribution in [0.4, 0.5) is 5.69 Å². The van der Waals surface area contributed by atoms with Gasteiger partial charge in [0.1, 0.15) is 0 Å². The summed E-state index contributed by atoms with van der Waals surface area (Å²) in [4.78, 5) is 23.9. The number of benzene rings is 2. The summed E-state index contributed by atoms with van der Waals surface area (Å²) >= 11 is 1.18. The van der Waals surface area contributed by atoms with E-state index in [-0.39, 0.29) is 10.8 Å². The van der Waals surface area contributed by atoms with E-state index in [2.05, 4.69) is 12.2 Å². The van der Waals surface area contributed by atoms with Gasteiger partial charge in [0, 0.05) is 18.3 Å². The smallest absolute Gasteiger partial charge is 0.307 e. The van der Waals surface area contributed by atoms with Crippen LogP contribution in [0.25, 0.3) is 10.2 Å². The van der Waals surface area contributed by atoms with Crippen LogP contribution in [0.5, 0.6) is 0 Å². The predicted molar refractivity (Wildman–Crippen MR) is 90.8 cm³/mol. The third kappa shape index (κ3) is 2.67. The van der Waals surface area contributed by atoms with E-state index in [0.717, 1.165) is 16.6 Å². The van der Waals surface area contributed by atoms with Gasteiger partial charge in [0.2, 0.25) is 0 Å². The van der Waals surface area contributed by atoms with Crippen molar-refractivity contribution in [2.45, 2.75) is 13.3 Å². The first-order valence-electron chi connectivity index (χ1n) is 7.08. The van der Waals surface area contributed by atoms with Gasteiger partial charge in [-0.25, -0.2) is 0 Å². The maximum Gasteiger partial charge on any atom is 0.307 e. The highest BCUT2D eigenvalue weighted by molar-refractivity contribution is 7.16. The first-order chi connectivity index (χ1) is 10.6. The van der Waals surface area contributed by atoms with E-state index in [1.54, 1.807) is 11.6 Å². The van der Waals surface area contributed by atoms with E-state index in [1.165, 1.54) is 16.9 Å². The number of carbonyl (C=O) groups is 1. The number of fused-ring (bicyclic) bond motifs is 1. The van der Waals surface area contributed by atoms with Gasteiger partial charge in [0.15, 0.2) is 0 Å². The molecular weight excluding hydrogens is 296 g/mol. The molecule has 0 radical (unpaired) electrons. The van der Waals surface area contributed by atoms with Crippen molar-refractivity contribution in [1.29, 1.82) is 0 Å². The number of aromatic nitrogens is 1. The SMILES string of the molecule is CCc1ccc(C(=O)Nc2ccc3c(c2)sc(=O)n3C)cc1. The molecule has 0 aliphatic heterocycles. The van der Waals surface area contributed by atoms with Crippen molar-refractivity contribution in [3.05, 3.63) is 63.3 Å². The number of anilines is 1. The van der Waals surface area contributed by atoms with Crippen LogP contribution in [-0.4, -0.2) is 10.5 Å². The van der Waals surface area contributed by atoms with Crippen LogP contribution in [-0.2, 0) is 13.5 Å². The largest absolute Gasteiger partial charge is 0.322 e. The summed E-state index contributed by atoms with van der Waals surface area (Å²) in [7, 11) is 1.74. The van der Waals surface area contributed by atoms with Gasteiger partial charge in [-0.3, -0.25) is 9.59 Å². The van der Waals surface area contributed by atoms with Crippen LogP contribution >= 0.6 is 11.3 Å². The zero-order valence-electron chi connectivity index (χ0n) is 12.4. The van der Waals surface area contributed by atoms with Crippen LogP contribution in [0.3, 0.4) is 0 Å². The van der Waals surface area contributed by atoms with E-state index in [1.807, 2.05) is 42.5 Å². The molecule has 0 spiro atoms. The molecule has 0 saturated carbocycles. The van der Waals surface area contributed by atoms with Gasteiger partial charge in [0.05, 0.1) is 10.2 Å². The zero-order valence-corrected chi connectivity index (χ0v) is 13.2. The molecule has 1 amide bonds. The molecule has 3 rings (SSSR count). The lowest BCUT2D eigenvalue weighted by Gasteiger charge is -2.06. The molecule has 4 nitrogen and oxygen atoms in total. The second kappa shape index (κ2) is 5.77. The summed E-state index contributed by atoms with van der Waals surface area (Å²) in [6.45, 7) is 2.08. The summed E-state index contributed by atoms with van der Waals surface area (Å²) in [5.41, 5.74) is 3.39. The summed E-state index contributed by atoms with van der Waals surface area (Å²) in [5.74, 6) is -0.148. The third-order valence-corrected chi connectivity index (χ3v) is 4.67. The Bertz CT molecular complexity index is 891. The monoisotopic (exact) mass is 312 g/mol. The van der Waals surface area contributed by atoms with E-state index >= 15 is 0 Å². The number of nitrogens with one attached hydrogen (secondary N) is 1. The molecule has 5 heteroatoms. The molecule has 0 aliphatic rings. The number of nitrogens with zero attached hydrogens (tertiary/aromatic N) is 1. The Hall–Kier alpha value is -2.40. The number of carbonyl (C=O) groups excluding carboxylic acids is 1. The average molecular weight is 312 g/mol. The fraction of sp³-hybridized carbons (Fsp3) is 0.176. The lowest BCUT2D eigenvalue weighted by Crippen LogP contribution is -2.11. The van der Waals surface area contributed by atoms with Crippen molar-refractivity contribution in [1.82, 2.24) is 4.57 Å². The molecule has 1 N–H and O–H groups in total. The lowest BCUT2D eigenvalue weighted by atomic mass is 10.1. The number of amides is 1. The molecule has 112 valence electrons. The summed E-state index contributed by atoms with van der Waals surface area (Å²) in [6.07, 6.45) is 0.950. The summed E-state index contributed by atoms with van der Waals surface area (Å²) < 4.78 is 2.47. The highest BCUT2D eigenvalue weighted by atomic mass is 32.1. The maximum atomic E-state index is 12.2. The molecule has 22 heavy (non-hydrogen) atoms. The Kier molecular flexibility index (Phi) is 3.81. The van der Waals surface area contributed by atoms with E-state index < -0.39 is 0 Å². The highest BCUT2D eigenvalue weighted by Gasteiger charge is 2.08. The normalized spacial score (nSPS) is 10.8. The van der Waals surface area contributed by atoms with E-state index in [0.29, 0.717) is 11.3 Å². The topological polar surface area (TPSA) is 51.1 Å². The van der Waals surface area contributed by atoms with Crippen molar-refractivity contribution < 1.29 is 4.79 Å². The fourth-order valence-electron chi connectivity index (χ4n) is 2.31. The van der Waals surface area contributed by atoms with Crippen molar-refractivity contribution in [2.75, 3.05) is 5.32 Å². The van der Waals surface area contributed by atoms with Crippen LogP contribution in [0.1, 0.15) is 22.8 Å². The van der Waals surface area contributed by atoms with Gasteiger partial charge in [-0.2, -0.15) is 0 Å². The Labute approximate surface area is 132 Å². The Balaban J connectivity index is 1.85. The van der Waals surface area contributed by atoms with Gasteiger partial charge >= 0.3 is 4.87 Å². The Morgan fingerprint density at radius 3 is 2.59 bits per heavy atom. The molecule has 2 aromatic carbocycles. The molecule has 3 aromatic rings. The molecule has 0 saturated heterocycles. The van der Waals surface area contributed by atoms with Crippen LogP contribution in [0, 0.1) is 0 Å². The number of rotatable bonds is 3. The first-order valence-corrected chi connectivity index (χ1v) is 7.90. The van der Waals surface area contributed by atoms with Crippen molar-refractivity contribution in [2.24, 2.45) is 7.05 Å². The van der Waals surface area contributed by atoms with Crippen molar-refractivity contribution in [3.8, 4) is 0 Å². The lowest BCUT2D eigenvalue weighted by molar-refractivity contribution is 0.102. The zero-order chi connectivity index (χ0) is 15.7. The summed E-state index contributed by atoms with van der Waals surface area (Å²) in [6, 6.07) is 13.1. The van der Waals surface area contributed by atoms with Gasteiger partial charge in [-0.05, 0) is 42.3 Å². The predicted octanol–water partition coefficient (Wildman–Crippen LogP) is 3.41. The molecule has 0 bridgehead atoms. The quantitative estimate of drug-likeness (QED) is 0.805. The van der Waals surface area contributed by atoms with Gasteiger partial charge < -0.3 is 9.88 Å². The average Bonchev–Trinajstić information content (AvgIpc) is 2.81. The second-order valence-electron chi connectivity index (χ2n) is 5.11. The minimum atomic E-state index is -0.148. The number of thiazole rings is 1. The molecule has 0 aliphatic carbocycles.